The van der Waals surface area contributed by atoms with Gasteiger partial charge in [0.2, 0.25) is 0 Å². The summed E-state index contributed by atoms with van der Waals surface area (Å²) in [5.41, 5.74) is 8.60. The van der Waals surface area contributed by atoms with Crippen molar-refractivity contribution in [1.29, 1.82) is 0 Å². The number of hydrogen-bond donors (Lipinski definition) is 1. The molecule has 2 N–H and O–H groups in total. The van der Waals surface area contributed by atoms with Crippen LogP contribution >= 0.6 is 0 Å². The van der Waals surface area contributed by atoms with E-state index in [0.29, 0.717) is 0 Å². The SMILES string of the molecule is CCC(N)Cc1cnc(N2CCC(C(C)C)CC2)c(C)c1. The minimum atomic E-state index is 0.249. The Morgan fingerprint density at radius 3 is 2.52 bits per heavy atom. The van der Waals surface area contributed by atoms with Gasteiger partial charge in [0.1, 0.15) is 5.82 Å². The molecule has 2 heterocycles. The zero-order valence-corrected chi connectivity index (χ0v) is 14.1. The molecule has 3 nitrogen and oxygen atoms in total. The molecule has 1 unspecified atom stereocenters. The highest BCUT2D eigenvalue weighted by atomic mass is 15.2. The van der Waals surface area contributed by atoms with E-state index in [-0.39, 0.29) is 6.04 Å². The van der Waals surface area contributed by atoms with Crippen LogP contribution in [0.25, 0.3) is 0 Å². The first kappa shape index (κ1) is 16.3. The van der Waals surface area contributed by atoms with Crippen LogP contribution in [0, 0.1) is 18.8 Å². The summed E-state index contributed by atoms with van der Waals surface area (Å²) in [5.74, 6) is 2.86. The molecule has 0 saturated carbocycles. The van der Waals surface area contributed by atoms with Crippen molar-refractivity contribution in [3.8, 4) is 0 Å². The maximum Gasteiger partial charge on any atom is 0.131 e. The quantitative estimate of drug-likeness (QED) is 0.901. The minimum absolute atomic E-state index is 0.249. The van der Waals surface area contributed by atoms with Gasteiger partial charge in [-0.3, -0.25) is 0 Å². The molecule has 1 fully saturated rings. The molecule has 3 heteroatoms. The Labute approximate surface area is 129 Å². The van der Waals surface area contributed by atoms with Crippen molar-refractivity contribution in [2.75, 3.05) is 18.0 Å². The Kier molecular flexibility index (Phi) is 5.63. The summed E-state index contributed by atoms with van der Waals surface area (Å²) in [7, 11) is 0. The van der Waals surface area contributed by atoms with Crippen molar-refractivity contribution in [1.82, 2.24) is 4.98 Å². The zero-order valence-electron chi connectivity index (χ0n) is 14.1. The third-order valence-electron chi connectivity index (χ3n) is 4.91. The van der Waals surface area contributed by atoms with Gasteiger partial charge in [-0.1, -0.05) is 26.8 Å². The van der Waals surface area contributed by atoms with Crippen LogP contribution < -0.4 is 10.6 Å². The summed E-state index contributed by atoms with van der Waals surface area (Å²) in [6.45, 7) is 11.3. The average Bonchev–Trinajstić information content (AvgIpc) is 2.47. The highest BCUT2D eigenvalue weighted by Gasteiger charge is 2.23. The van der Waals surface area contributed by atoms with Crippen molar-refractivity contribution < 1.29 is 0 Å². The molecule has 1 aliphatic heterocycles. The van der Waals surface area contributed by atoms with Crippen molar-refractivity contribution in [2.24, 2.45) is 17.6 Å². The number of anilines is 1. The monoisotopic (exact) mass is 289 g/mol. The summed E-state index contributed by atoms with van der Waals surface area (Å²) in [6, 6.07) is 2.52. The molecule has 1 atom stereocenters. The minimum Gasteiger partial charge on any atom is -0.356 e. The fourth-order valence-electron chi connectivity index (χ4n) is 3.29. The van der Waals surface area contributed by atoms with E-state index in [2.05, 4.69) is 38.7 Å². The van der Waals surface area contributed by atoms with E-state index in [9.17, 15) is 0 Å². The largest absolute Gasteiger partial charge is 0.356 e. The van der Waals surface area contributed by atoms with Gasteiger partial charge in [0.05, 0.1) is 0 Å². The molecule has 0 aliphatic carbocycles. The average molecular weight is 289 g/mol. The van der Waals surface area contributed by atoms with Crippen molar-refractivity contribution in [3.63, 3.8) is 0 Å². The number of nitrogens with two attached hydrogens (primary N) is 1. The van der Waals surface area contributed by atoms with Crippen LogP contribution in [0.4, 0.5) is 5.82 Å². The van der Waals surface area contributed by atoms with Crippen LogP contribution in [0.5, 0.6) is 0 Å². The van der Waals surface area contributed by atoms with E-state index in [1.807, 2.05) is 6.20 Å². The molecular formula is C18H31N3. The highest BCUT2D eigenvalue weighted by Crippen LogP contribution is 2.28. The van der Waals surface area contributed by atoms with Crippen molar-refractivity contribution in [2.45, 2.75) is 59.4 Å². The molecule has 2 rings (SSSR count). The van der Waals surface area contributed by atoms with Gasteiger partial charge in [0.25, 0.3) is 0 Å². The lowest BCUT2D eigenvalue weighted by atomic mass is 9.86. The predicted molar refractivity (Wildman–Crippen MR) is 90.7 cm³/mol. The smallest absolute Gasteiger partial charge is 0.131 e. The second-order valence-electron chi connectivity index (χ2n) is 6.93. The lowest BCUT2D eigenvalue weighted by Crippen LogP contribution is -2.36. The first-order chi connectivity index (χ1) is 10.0. The number of hydrogen-bond acceptors (Lipinski definition) is 3. The molecule has 1 aliphatic rings. The summed E-state index contributed by atoms with van der Waals surface area (Å²) in [6.07, 6.45) is 6.55. The molecule has 0 radical (unpaired) electrons. The summed E-state index contributed by atoms with van der Waals surface area (Å²) < 4.78 is 0. The van der Waals surface area contributed by atoms with E-state index >= 15 is 0 Å². The Morgan fingerprint density at radius 1 is 1.33 bits per heavy atom. The normalized spacial score (nSPS) is 18.3. The van der Waals surface area contributed by atoms with Crippen LogP contribution in [0.2, 0.25) is 0 Å². The predicted octanol–water partition coefficient (Wildman–Crippen LogP) is 3.54. The fraction of sp³-hybridized carbons (Fsp3) is 0.722. The lowest BCUT2D eigenvalue weighted by Gasteiger charge is -2.35. The van der Waals surface area contributed by atoms with Gasteiger partial charge < -0.3 is 10.6 Å². The van der Waals surface area contributed by atoms with Crippen molar-refractivity contribution >= 4 is 5.82 Å². The number of pyridine rings is 1. The Morgan fingerprint density at radius 2 is 2.00 bits per heavy atom. The van der Waals surface area contributed by atoms with Crippen molar-refractivity contribution in [3.05, 3.63) is 23.4 Å². The third-order valence-corrected chi connectivity index (χ3v) is 4.91. The maximum absolute atomic E-state index is 6.04. The lowest BCUT2D eigenvalue weighted by molar-refractivity contribution is 0.310. The van der Waals surface area contributed by atoms with Gasteiger partial charge in [-0.2, -0.15) is 0 Å². The van der Waals surface area contributed by atoms with Crippen LogP contribution in [-0.4, -0.2) is 24.1 Å². The second-order valence-corrected chi connectivity index (χ2v) is 6.93. The second kappa shape index (κ2) is 7.26. The Balaban J connectivity index is 2.01. The first-order valence-corrected chi connectivity index (χ1v) is 8.47. The van der Waals surface area contributed by atoms with Crippen LogP contribution in [-0.2, 0) is 6.42 Å². The standard InChI is InChI=1S/C18H31N3/c1-5-17(19)11-15-10-14(4)18(20-12-15)21-8-6-16(7-9-21)13(2)3/h10,12-13,16-17H,5-9,11,19H2,1-4H3. The summed E-state index contributed by atoms with van der Waals surface area (Å²) in [4.78, 5) is 7.19. The zero-order chi connectivity index (χ0) is 15.4. The topological polar surface area (TPSA) is 42.1 Å². The van der Waals surface area contributed by atoms with Gasteiger partial charge >= 0.3 is 0 Å². The number of nitrogens with zero attached hydrogens (tertiary/aromatic N) is 2. The van der Waals surface area contributed by atoms with Gasteiger partial charge in [-0.05, 0) is 55.6 Å². The molecule has 1 saturated heterocycles. The summed E-state index contributed by atoms with van der Waals surface area (Å²) in [5, 5.41) is 0. The van der Waals surface area contributed by atoms with Crippen LogP contribution in [0.1, 0.15) is 51.2 Å². The number of aryl methyl sites for hydroxylation is 1. The van der Waals surface area contributed by atoms with Crippen LogP contribution in [0.3, 0.4) is 0 Å². The number of piperidine rings is 1. The van der Waals surface area contributed by atoms with E-state index < -0.39 is 0 Å². The van der Waals surface area contributed by atoms with Gasteiger partial charge in [-0.15, -0.1) is 0 Å². The number of rotatable bonds is 5. The van der Waals surface area contributed by atoms with Gasteiger partial charge in [0, 0.05) is 25.3 Å². The van der Waals surface area contributed by atoms with E-state index in [4.69, 9.17) is 10.7 Å². The molecule has 1 aromatic rings. The maximum atomic E-state index is 6.04. The summed E-state index contributed by atoms with van der Waals surface area (Å²) >= 11 is 0. The highest BCUT2D eigenvalue weighted by molar-refractivity contribution is 5.47. The van der Waals surface area contributed by atoms with Gasteiger partial charge in [0.15, 0.2) is 0 Å². The molecule has 0 amide bonds. The molecule has 0 bridgehead atoms. The molecule has 1 aromatic heterocycles. The van der Waals surface area contributed by atoms with Crippen LogP contribution in [0.15, 0.2) is 12.3 Å². The van der Waals surface area contributed by atoms with E-state index in [1.165, 1.54) is 29.8 Å². The van der Waals surface area contributed by atoms with E-state index in [0.717, 1.165) is 37.8 Å². The molecular weight excluding hydrogens is 258 g/mol. The fourth-order valence-corrected chi connectivity index (χ4v) is 3.29. The molecule has 0 aromatic carbocycles. The first-order valence-electron chi connectivity index (χ1n) is 8.47. The molecule has 118 valence electrons. The Bertz CT molecular complexity index is 448. The Hall–Kier alpha value is -1.09. The van der Waals surface area contributed by atoms with Gasteiger partial charge in [-0.25, -0.2) is 4.98 Å². The van der Waals surface area contributed by atoms with E-state index in [1.54, 1.807) is 0 Å². The number of aromatic nitrogens is 1. The third kappa shape index (κ3) is 4.19. The molecule has 0 spiro atoms. The molecule has 21 heavy (non-hydrogen) atoms.